The quantitative estimate of drug-likeness (QED) is 0.765. The van der Waals surface area contributed by atoms with Gasteiger partial charge in [0, 0.05) is 6.08 Å². The normalized spacial score (nSPS) is 10.6. The van der Waals surface area contributed by atoms with Crippen molar-refractivity contribution in [2.75, 3.05) is 0 Å². The summed E-state index contributed by atoms with van der Waals surface area (Å²) in [6.07, 6.45) is 2.51. The highest BCUT2D eigenvalue weighted by Gasteiger charge is 2.07. The Kier molecular flexibility index (Phi) is 3.45. The van der Waals surface area contributed by atoms with Crippen molar-refractivity contribution < 1.29 is 19.8 Å². The largest absolute Gasteiger partial charge is 0.478 e. The van der Waals surface area contributed by atoms with Crippen LogP contribution < -0.4 is 0 Å². The molecule has 1 aromatic carbocycles. The molecule has 0 aliphatic carbocycles. The molecule has 1 rings (SSSR count). The second-order valence-electron chi connectivity index (χ2n) is 3.50. The molecule has 0 saturated carbocycles. The molecule has 0 aromatic heterocycles. The van der Waals surface area contributed by atoms with Gasteiger partial charge >= 0.3 is 11.9 Å². The van der Waals surface area contributed by atoms with Crippen LogP contribution in [0.2, 0.25) is 0 Å². The second-order valence-corrected chi connectivity index (χ2v) is 3.50. The third-order valence-electron chi connectivity index (χ3n) is 2.23. The number of carbonyl (C=O) groups is 2. The van der Waals surface area contributed by atoms with Crippen molar-refractivity contribution in [2.24, 2.45) is 0 Å². The Morgan fingerprint density at radius 2 is 1.62 bits per heavy atom. The fourth-order valence-corrected chi connectivity index (χ4v) is 1.52. The first-order chi connectivity index (χ1) is 7.41. The van der Waals surface area contributed by atoms with Crippen molar-refractivity contribution in [1.82, 2.24) is 0 Å². The molecule has 0 aliphatic rings. The molecule has 0 amide bonds. The van der Waals surface area contributed by atoms with Crippen LogP contribution in [0.3, 0.4) is 0 Å². The Morgan fingerprint density at radius 1 is 1.12 bits per heavy atom. The van der Waals surface area contributed by atoms with E-state index in [-0.39, 0.29) is 5.56 Å². The minimum Gasteiger partial charge on any atom is -0.478 e. The number of aryl methyl sites for hydroxylation is 2. The highest BCUT2D eigenvalue weighted by Crippen LogP contribution is 2.18. The summed E-state index contributed by atoms with van der Waals surface area (Å²) in [5.41, 5.74) is 2.44. The predicted molar refractivity (Wildman–Crippen MR) is 59.5 cm³/mol. The van der Waals surface area contributed by atoms with Crippen LogP contribution in [0.5, 0.6) is 0 Å². The van der Waals surface area contributed by atoms with Crippen LogP contribution in [0.15, 0.2) is 18.2 Å². The topological polar surface area (TPSA) is 74.6 Å². The molecule has 0 atom stereocenters. The molecule has 0 heterocycles. The highest BCUT2D eigenvalue weighted by molar-refractivity contribution is 5.90. The number of carboxylic acid groups (broad SMARTS) is 2. The van der Waals surface area contributed by atoms with Gasteiger partial charge in [0.2, 0.25) is 0 Å². The third kappa shape index (κ3) is 2.70. The molecule has 0 radical (unpaired) electrons. The Bertz CT molecular complexity index is 449. The zero-order valence-electron chi connectivity index (χ0n) is 9.02. The molecular formula is C12H12O4. The van der Waals surface area contributed by atoms with Crippen molar-refractivity contribution in [1.29, 1.82) is 0 Å². The maximum absolute atomic E-state index is 10.8. The van der Waals surface area contributed by atoms with Gasteiger partial charge in [-0.15, -0.1) is 0 Å². The van der Waals surface area contributed by atoms with Gasteiger partial charge in [-0.3, -0.25) is 0 Å². The van der Waals surface area contributed by atoms with Crippen LogP contribution in [0.25, 0.3) is 6.08 Å². The molecule has 16 heavy (non-hydrogen) atoms. The number of rotatable bonds is 3. The van der Waals surface area contributed by atoms with Crippen LogP contribution in [-0.2, 0) is 4.79 Å². The fourth-order valence-electron chi connectivity index (χ4n) is 1.52. The Hall–Kier alpha value is -2.10. The van der Waals surface area contributed by atoms with Gasteiger partial charge in [0.05, 0.1) is 5.56 Å². The molecule has 4 heteroatoms. The van der Waals surface area contributed by atoms with Crippen LogP contribution in [0.4, 0.5) is 0 Å². The van der Waals surface area contributed by atoms with Gasteiger partial charge in [-0.1, -0.05) is 0 Å². The van der Waals surface area contributed by atoms with Crippen molar-refractivity contribution in [3.8, 4) is 0 Å². The molecule has 0 aliphatic heterocycles. The molecule has 0 saturated heterocycles. The SMILES string of the molecule is Cc1cc(C(=O)O)cc(C)c1C=CC(=O)O. The fraction of sp³-hybridized carbons (Fsp3) is 0.167. The van der Waals surface area contributed by atoms with Crippen molar-refractivity contribution in [3.05, 3.63) is 40.5 Å². The summed E-state index contributed by atoms with van der Waals surface area (Å²) in [5, 5.41) is 17.3. The van der Waals surface area contributed by atoms with E-state index in [1.165, 1.54) is 18.2 Å². The Morgan fingerprint density at radius 3 is 2.00 bits per heavy atom. The van der Waals surface area contributed by atoms with Gasteiger partial charge in [0.15, 0.2) is 0 Å². The molecular weight excluding hydrogens is 208 g/mol. The summed E-state index contributed by atoms with van der Waals surface area (Å²) in [6.45, 7) is 3.50. The molecule has 0 fully saturated rings. The van der Waals surface area contributed by atoms with E-state index in [1.54, 1.807) is 13.8 Å². The summed E-state index contributed by atoms with van der Waals surface area (Å²) in [4.78, 5) is 21.2. The first kappa shape index (κ1) is 12.0. The Labute approximate surface area is 92.8 Å². The van der Waals surface area contributed by atoms with E-state index in [0.717, 1.165) is 22.8 Å². The van der Waals surface area contributed by atoms with Crippen molar-refractivity contribution in [3.63, 3.8) is 0 Å². The molecule has 2 N–H and O–H groups in total. The number of hydrogen-bond acceptors (Lipinski definition) is 2. The van der Waals surface area contributed by atoms with E-state index < -0.39 is 11.9 Å². The predicted octanol–water partition coefficient (Wildman–Crippen LogP) is 2.10. The maximum atomic E-state index is 10.8. The molecule has 0 unspecified atom stereocenters. The van der Waals surface area contributed by atoms with Crippen LogP contribution in [0, 0.1) is 13.8 Å². The monoisotopic (exact) mass is 220 g/mol. The minimum absolute atomic E-state index is 0.211. The summed E-state index contributed by atoms with van der Waals surface area (Å²) < 4.78 is 0. The van der Waals surface area contributed by atoms with E-state index in [4.69, 9.17) is 10.2 Å². The number of aliphatic carboxylic acids is 1. The Balaban J connectivity index is 3.22. The van der Waals surface area contributed by atoms with E-state index in [0.29, 0.717) is 0 Å². The van der Waals surface area contributed by atoms with Gasteiger partial charge in [-0.2, -0.15) is 0 Å². The lowest BCUT2D eigenvalue weighted by Gasteiger charge is -2.06. The summed E-state index contributed by atoms with van der Waals surface area (Å²) >= 11 is 0. The average Bonchev–Trinajstić information content (AvgIpc) is 2.15. The standard InChI is InChI=1S/C12H12O4/c1-7-5-9(12(15)16)6-8(2)10(7)3-4-11(13)14/h3-6H,1-2H3,(H,13,14)(H,15,16). The van der Waals surface area contributed by atoms with Crippen LogP contribution in [-0.4, -0.2) is 22.2 Å². The lowest BCUT2D eigenvalue weighted by atomic mass is 9.99. The first-order valence-corrected chi connectivity index (χ1v) is 4.67. The number of hydrogen-bond donors (Lipinski definition) is 2. The lowest BCUT2D eigenvalue weighted by Crippen LogP contribution is -1.99. The second kappa shape index (κ2) is 4.61. The molecule has 1 aromatic rings. The van der Waals surface area contributed by atoms with Gasteiger partial charge < -0.3 is 10.2 Å². The number of benzene rings is 1. The van der Waals surface area contributed by atoms with E-state index in [9.17, 15) is 9.59 Å². The van der Waals surface area contributed by atoms with E-state index >= 15 is 0 Å². The zero-order chi connectivity index (χ0) is 12.3. The van der Waals surface area contributed by atoms with Crippen molar-refractivity contribution in [2.45, 2.75) is 13.8 Å². The van der Waals surface area contributed by atoms with Crippen molar-refractivity contribution >= 4 is 18.0 Å². The minimum atomic E-state index is -1.03. The molecule has 0 spiro atoms. The zero-order valence-corrected chi connectivity index (χ0v) is 9.02. The van der Waals surface area contributed by atoms with Crippen LogP contribution in [0.1, 0.15) is 27.0 Å². The van der Waals surface area contributed by atoms with E-state index in [1.807, 2.05) is 0 Å². The molecule has 4 nitrogen and oxygen atoms in total. The first-order valence-electron chi connectivity index (χ1n) is 4.67. The van der Waals surface area contributed by atoms with Crippen LogP contribution >= 0.6 is 0 Å². The summed E-state index contributed by atoms with van der Waals surface area (Å²) in [5.74, 6) is -2.01. The molecule has 84 valence electrons. The molecule has 0 bridgehead atoms. The van der Waals surface area contributed by atoms with Gasteiger partial charge in [-0.05, 0) is 48.7 Å². The third-order valence-corrected chi connectivity index (χ3v) is 2.23. The van der Waals surface area contributed by atoms with Gasteiger partial charge in [0.1, 0.15) is 0 Å². The highest BCUT2D eigenvalue weighted by atomic mass is 16.4. The number of aromatic carboxylic acids is 1. The summed E-state index contributed by atoms with van der Waals surface area (Å²) in [6, 6.07) is 3.05. The maximum Gasteiger partial charge on any atom is 0.335 e. The van der Waals surface area contributed by atoms with E-state index in [2.05, 4.69) is 0 Å². The van der Waals surface area contributed by atoms with Gasteiger partial charge in [-0.25, -0.2) is 9.59 Å². The lowest BCUT2D eigenvalue weighted by molar-refractivity contribution is -0.131. The average molecular weight is 220 g/mol. The number of carboxylic acids is 2. The smallest absolute Gasteiger partial charge is 0.335 e. The van der Waals surface area contributed by atoms with Gasteiger partial charge in [0.25, 0.3) is 0 Å². The summed E-state index contributed by atoms with van der Waals surface area (Å²) in [7, 11) is 0.